The maximum absolute atomic E-state index is 11.8. The lowest BCUT2D eigenvalue weighted by Gasteiger charge is -2.01. The Balaban J connectivity index is 2.30. The zero-order valence-corrected chi connectivity index (χ0v) is 11.0. The Kier molecular flexibility index (Phi) is 3.38. The molecule has 1 N–H and O–H groups in total. The van der Waals surface area contributed by atoms with Gasteiger partial charge in [-0.3, -0.25) is 9.13 Å². The van der Waals surface area contributed by atoms with Crippen LogP contribution in [0.3, 0.4) is 0 Å². The second-order valence-corrected chi connectivity index (χ2v) is 4.68. The summed E-state index contributed by atoms with van der Waals surface area (Å²) in [5, 5.41) is 9.57. The van der Waals surface area contributed by atoms with E-state index in [-0.39, 0.29) is 11.6 Å². The predicted molar refractivity (Wildman–Crippen MR) is 69.3 cm³/mol. The number of aromatic nitrogens is 2. The van der Waals surface area contributed by atoms with Crippen LogP contribution in [0.4, 0.5) is 0 Å². The van der Waals surface area contributed by atoms with Gasteiger partial charge >= 0.3 is 5.69 Å². The van der Waals surface area contributed by atoms with Gasteiger partial charge in [-0.05, 0) is 24.6 Å². The van der Waals surface area contributed by atoms with Crippen LogP contribution in [0.15, 0.2) is 39.7 Å². The summed E-state index contributed by atoms with van der Waals surface area (Å²) >= 11 is 3.36. The van der Waals surface area contributed by atoms with Crippen molar-refractivity contribution in [3.8, 4) is 5.88 Å². The molecule has 90 valence electrons. The number of nitrogens with zero attached hydrogens (tertiary/aromatic N) is 2. The molecule has 0 saturated carbocycles. The van der Waals surface area contributed by atoms with E-state index in [1.54, 1.807) is 0 Å². The van der Waals surface area contributed by atoms with Gasteiger partial charge in [-0.1, -0.05) is 28.1 Å². The number of rotatable bonds is 3. The van der Waals surface area contributed by atoms with Crippen LogP contribution in [-0.2, 0) is 13.1 Å². The zero-order chi connectivity index (χ0) is 12.4. The number of imidazole rings is 1. The van der Waals surface area contributed by atoms with E-state index in [4.69, 9.17) is 0 Å². The van der Waals surface area contributed by atoms with E-state index in [0.29, 0.717) is 13.1 Å². The van der Waals surface area contributed by atoms with E-state index in [2.05, 4.69) is 15.9 Å². The Hall–Kier alpha value is -1.49. The SMILES string of the molecule is CCn1c(O)cn(Cc2ccc(Br)cc2)c1=O. The molecule has 0 atom stereocenters. The molecule has 4 nitrogen and oxygen atoms in total. The third-order valence-corrected chi connectivity index (χ3v) is 3.14. The van der Waals surface area contributed by atoms with Crippen molar-refractivity contribution in [2.45, 2.75) is 20.0 Å². The molecule has 1 aromatic heterocycles. The molecule has 2 rings (SSSR count). The Morgan fingerprint density at radius 3 is 2.47 bits per heavy atom. The van der Waals surface area contributed by atoms with Crippen LogP contribution in [0.5, 0.6) is 5.88 Å². The first kappa shape index (κ1) is 12.0. The highest BCUT2D eigenvalue weighted by Crippen LogP contribution is 2.12. The molecule has 0 radical (unpaired) electrons. The van der Waals surface area contributed by atoms with Gasteiger partial charge in [0, 0.05) is 11.0 Å². The Labute approximate surface area is 107 Å². The van der Waals surface area contributed by atoms with Gasteiger partial charge in [0.2, 0.25) is 5.88 Å². The summed E-state index contributed by atoms with van der Waals surface area (Å²) in [6.45, 7) is 2.76. The first-order valence-corrected chi connectivity index (χ1v) is 6.14. The molecule has 5 heteroatoms. The van der Waals surface area contributed by atoms with Crippen molar-refractivity contribution < 1.29 is 5.11 Å². The summed E-state index contributed by atoms with van der Waals surface area (Å²) in [5.41, 5.74) is 0.830. The lowest BCUT2D eigenvalue weighted by molar-refractivity contribution is 0.418. The summed E-state index contributed by atoms with van der Waals surface area (Å²) < 4.78 is 3.84. The second-order valence-electron chi connectivity index (χ2n) is 3.77. The van der Waals surface area contributed by atoms with Crippen molar-refractivity contribution in [1.29, 1.82) is 0 Å². The van der Waals surface area contributed by atoms with Gasteiger partial charge in [0.15, 0.2) is 0 Å². The molecular formula is C12H13BrN2O2. The molecule has 17 heavy (non-hydrogen) atoms. The molecule has 0 spiro atoms. The number of hydrogen-bond donors (Lipinski definition) is 1. The first-order chi connectivity index (χ1) is 8.11. The summed E-state index contributed by atoms with van der Waals surface area (Å²) in [6, 6.07) is 7.74. The average molecular weight is 297 g/mol. The van der Waals surface area contributed by atoms with E-state index >= 15 is 0 Å². The normalized spacial score (nSPS) is 10.7. The van der Waals surface area contributed by atoms with Crippen molar-refractivity contribution >= 4 is 15.9 Å². The molecule has 2 aromatic rings. The summed E-state index contributed by atoms with van der Waals surface area (Å²) in [7, 11) is 0. The Morgan fingerprint density at radius 1 is 1.29 bits per heavy atom. The van der Waals surface area contributed by atoms with Gasteiger partial charge in [-0.15, -0.1) is 0 Å². The number of hydrogen-bond acceptors (Lipinski definition) is 2. The van der Waals surface area contributed by atoms with Crippen molar-refractivity contribution in [2.75, 3.05) is 0 Å². The molecule has 0 unspecified atom stereocenters. The molecule has 1 aromatic carbocycles. The lowest BCUT2D eigenvalue weighted by Crippen LogP contribution is -2.23. The third kappa shape index (κ3) is 2.44. The first-order valence-electron chi connectivity index (χ1n) is 5.35. The minimum absolute atomic E-state index is 0.00890. The minimum Gasteiger partial charge on any atom is -0.493 e. The van der Waals surface area contributed by atoms with E-state index < -0.39 is 0 Å². The summed E-state index contributed by atoms with van der Waals surface area (Å²) in [6.07, 6.45) is 1.47. The maximum Gasteiger partial charge on any atom is 0.331 e. The molecule has 0 bridgehead atoms. The van der Waals surface area contributed by atoms with E-state index in [1.165, 1.54) is 15.3 Å². The Morgan fingerprint density at radius 2 is 1.94 bits per heavy atom. The fourth-order valence-electron chi connectivity index (χ4n) is 1.71. The van der Waals surface area contributed by atoms with Gasteiger partial charge in [-0.25, -0.2) is 4.79 Å². The van der Waals surface area contributed by atoms with E-state index in [0.717, 1.165) is 10.0 Å². The number of aromatic hydroxyl groups is 1. The van der Waals surface area contributed by atoms with Crippen molar-refractivity contribution in [3.05, 3.63) is 51.0 Å². The highest BCUT2D eigenvalue weighted by Gasteiger charge is 2.08. The topological polar surface area (TPSA) is 47.2 Å². The van der Waals surface area contributed by atoms with Crippen LogP contribution in [-0.4, -0.2) is 14.2 Å². The summed E-state index contributed by atoms with van der Waals surface area (Å²) in [5.74, 6) is 0.00890. The quantitative estimate of drug-likeness (QED) is 0.944. The second kappa shape index (κ2) is 4.79. The highest BCUT2D eigenvalue weighted by atomic mass is 79.9. The number of benzene rings is 1. The van der Waals surface area contributed by atoms with E-state index in [1.807, 2.05) is 31.2 Å². The van der Waals surface area contributed by atoms with Crippen molar-refractivity contribution in [2.24, 2.45) is 0 Å². The zero-order valence-electron chi connectivity index (χ0n) is 9.43. The molecular weight excluding hydrogens is 284 g/mol. The molecule has 1 heterocycles. The minimum atomic E-state index is -0.187. The molecule has 0 aliphatic rings. The van der Waals surface area contributed by atoms with Gasteiger partial charge in [0.1, 0.15) is 0 Å². The largest absolute Gasteiger partial charge is 0.493 e. The average Bonchev–Trinajstić information content (AvgIpc) is 2.57. The smallest absolute Gasteiger partial charge is 0.331 e. The highest BCUT2D eigenvalue weighted by molar-refractivity contribution is 9.10. The van der Waals surface area contributed by atoms with Gasteiger partial charge in [0.25, 0.3) is 0 Å². The Bertz CT molecular complexity index is 569. The molecule has 0 fully saturated rings. The van der Waals surface area contributed by atoms with E-state index in [9.17, 15) is 9.90 Å². The molecule has 0 amide bonds. The lowest BCUT2D eigenvalue weighted by atomic mass is 10.2. The van der Waals surface area contributed by atoms with Crippen LogP contribution in [0.25, 0.3) is 0 Å². The van der Waals surface area contributed by atoms with Gasteiger partial charge in [0.05, 0.1) is 12.7 Å². The molecule has 0 saturated heterocycles. The fourth-order valence-corrected chi connectivity index (χ4v) is 1.98. The molecule has 0 aliphatic heterocycles. The maximum atomic E-state index is 11.8. The summed E-state index contributed by atoms with van der Waals surface area (Å²) in [4.78, 5) is 11.8. The van der Waals surface area contributed by atoms with Gasteiger partial charge in [-0.2, -0.15) is 0 Å². The third-order valence-electron chi connectivity index (χ3n) is 2.61. The van der Waals surface area contributed by atoms with Crippen molar-refractivity contribution in [1.82, 2.24) is 9.13 Å². The van der Waals surface area contributed by atoms with Gasteiger partial charge < -0.3 is 5.11 Å². The van der Waals surface area contributed by atoms with Crippen LogP contribution in [0, 0.1) is 0 Å². The molecule has 0 aliphatic carbocycles. The standard InChI is InChI=1S/C12H13BrN2O2/c1-2-15-11(16)8-14(12(15)17)7-9-3-5-10(13)6-4-9/h3-6,8,16H,2,7H2,1H3. The van der Waals surface area contributed by atoms with Crippen molar-refractivity contribution in [3.63, 3.8) is 0 Å². The van der Waals surface area contributed by atoms with Crippen LogP contribution < -0.4 is 5.69 Å². The van der Waals surface area contributed by atoms with Crippen LogP contribution in [0.1, 0.15) is 12.5 Å². The predicted octanol–water partition coefficient (Wildman–Crippen LogP) is 2.19. The van der Waals surface area contributed by atoms with Crippen LogP contribution in [0.2, 0.25) is 0 Å². The monoisotopic (exact) mass is 296 g/mol. The van der Waals surface area contributed by atoms with Crippen LogP contribution >= 0.6 is 15.9 Å². The number of halogens is 1. The fraction of sp³-hybridized carbons (Fsp3) is 0.250.